The Morgan fingerprint density at radius 3 is 2.68 bits per heavy atom. The number of rotatable bonds is 6. The number of nitrogens with zero attached hydrogens (tertiary/aromatic N) is 2. The second-order valence-corrected chi connectivity index (χ2v) is 8.54. The molecule has 1 heterocycles. The van der Waals surface area contributed by atoms with Crippen molar-refractivity contribution in [3.05, 3.63) is 15.6 Å². The Labute approximate surface area is 155 Å². The van der Waals surface area contributed by atoms with E-state index in [1.165, 1.54) is 30.6 Å². The van der Waals surface area contributed by atoms with E-state index in [1.807, 2.05) is 0 Å². The molecule has 0 aliphatic heterocycles. The first kappa shape index (κ1) is 18.6. The smallest absolute Gasteiger partial charge is 0.191 e. The summed E-state index contributed by atoms with van der Waals surface area (Å²) in [6.07, 6.45) is 6.73. The minimum Gasteiger partial charge on any atom is -0.378 e. The Hall–Kier alpha value is -1.14. The van der Waals surface area contributed by atoms with E-state index in [2.05, 4.69) is 43.3 Å². The third kappa shape index (κ3) is 3.85. The highest BCUT2D eigenvalue weighted by atomic mass is 32.1. The molecule has 1 aromatic rings. The Balaban J connectivity index is 1.67. The molecule has 6 heteroatoms. The van der Waals surface area contributed by atoms with Crippen molar-refractivity contribution in [2.45, 2.75) is 78.5 Å². The predicted octanol–water partition coefficient (Wildman–Crippen LogP) is 3.55. The normalized spacial score (nSPS) is 25.2. The van der Waals surface area contributed by atoms with E-state index in [0.29, 0.717) is 24.1 Å². The molecule has 2 N–H and O–H groups in total. The van der Waals surface area contributed by atoms with Gasteiger partial charge < -0.3 is 15.4 Å². The first-order valence-electron chi connectivity index (χ1n) is 9.68. The molecule has 0 amide bonds. The van der Waals surface area contributed by atoms with Gasteiger partial charge in [-0.25, -0.2) is 9.98 Å². The zero-order chi connectivity index (χ0) is 17.9. The highest BCUT2D eigenvalue weighted by Crippen LogP contribution is 2.54. The van der Waals surface area contributed by atoms with E-state index in [-0.39, 0.29) is 0 Å². The number of ether oxygens (including phenoxy) is 1. The second-order valence-electron chi connectivity index (χ2n) is 7.25. The minimum absolute atomic E-state index is 0.323. The lowest BCUT2D eigenvalue weighted by Gasteiger charge is -2.54. The molecule has 25 heavy (non-hydrogen) atoms. The first-order valence-corrected chi connectivity index (χ1v) is 10.5. The van der Waals surface area contributed by atoms with E-state index in [4.69, 9.17) is 9.73 Å². The summed E-state index contributed by atoms with van der Waals surface area (Å²) in [6.45, 7) is 10.7. The Kier molecular flexibility index (Phi) is 6.00. The van der Waals surface area contributed by atoms with Crippen LogP contribution in [0.15, 0.2) is 4.99 Å². The number of aliphatic imine (C=N–C) groups is 1. The number of nitrogens with one attached hydrogen (secondary N) is 2. The molecule has 2 fully saturated rings. The molecule has 0 saturated heterocycles. The Bertz CT molecular complexity index is 607. The zero-order valence-electron chi connectivity index (χ0n) is 16.0. The molecule has 1 spiro atoms. The molecule has 3 rings (SSSR count). The lowest BCUT2D eigenvalue weighted by molar-refractivity contribution is -0.125. The van der Waals surface area contributed by atoms with Crippen LogP contribution in [-0.2, 0) is 11.3 Å². The molecule has 0 bridgehead atoms. The molecule has 5 nitrogen and oxygen atoms in total. The lowest BCUT2D eigenvalue weighted by atomic mass is 9.60. The van der Waals surface area contributed by atoms with Crippen molar-refractivity contribution < 1.29 is 4.74 Å². The maximum atomic E-state index is 6.03. The maximum Gasteiger partial charge on any atom is 0.191 e. The van der Waals surface area contributed by atoms with Crippen LogP contribution in [0.2, 0.25) is 0 Å². The van der Waals surface area contributed by atoms with Crippen LogP contribution in [0.4, 0.5) is 0 Å². The Morgan fingerprint density at radius 1 is 1.32 bits per heavy atom. The molecule has 2 saturated carbocycles. The highest BCUT2D eigenvalue weighted by Gasteiger charge is 2.56. The molecule has 2 unspecified atom stereocenters. The van der Waals surface area contributed by atoms with Crippen LogP contribution in [0.1, 0.15) is 61.5 Å². The molecule has 0 aromatic carbocycles. The van der Waals surface area contributed by atoms with E-state index < -0.39 is 0 Å². The highest BCUT2D eigenvalue weighted by molar-refractivity contribution is 7.11. The SMILES string of the molecule is CCNC(=NCc1sc(C)nc1C)NC1CC(OCC)C12CCCC2. The fourth-order valence-corrected chi connectivity index (χ4v) is 5.31. The number of hydrogen-bond donors (Lipinski definition) is 2. The quantitative estimate of drug-likeness (QED) is 0.599. The van der Waals surface area contributed by atoms with Gasteiger partial charge in [-0.15, -0.1) is 11.3 Å². The number of aromatic nitrogens is 1. The summed E-state index contributed by atoms with van der Waals surface area (Å²) in [5, 5.41) is 8.24. The van der Waals surface area contributed by atoms with Gasteiger partial charge in [0.25, 0.3) is 0 Å². The number of hydrogen-bond acceptors (Lipinski definition) is 4. The average Bonchev–Trinajstić information content (AvgIpc) is 3.20. The first-order chi connectivity index (χ1) is 12.1. The van der Waals surface area contributed by atoms with Crippen molar-refractivity contribution in [1.82, 2.24) is 15.6 Å². The van der Waals surface area contributed by atoms with Crippen molar-refractivity contribution >= 4 is 17.3 Å². The minimum atomic E-state index is 0.323. The van der Waals surface area contributed by atoms with Gasteiger partial charge in [-0.1, -0.05) is 12.8 Å². The van der Waals surface area contributed by atoms with Crippen molar-refractivity contribution in [2.24, 2.45) is 10.4 Å². The summed E-state index contributed by atoms with van der Waals surface area (Å²) >= 11 is 1.75. The standard InChI is InChI=1S/C19H32N4OS/c1-5-20-18(21-12-15-13(3)22-14(4)25-15)23-16-11-17(24-6-2)19(16)9-7-8-10-19/h16-17H,5-12H2,1-4H3,(H2,20,21,23). The monoisotopic (exact) mass is 364 g/mol. The summed E-state index contributed by atoms with van der Waals surface area (Å²) < 4.78 is 6.03. The van der Waals surface area contributed by atoms with E-state index >= 15 is 0 Å². The summed E-state index contributed by atoms with van der Waals surface area (Å²) in [5.74, 6) is 0.930. The van der Waals surface area contributed by atoms with Crippen molar-refractivity contribution in [3.8, 4) is 0 Å². The average molecular weight is 365 g/mol. The molecule has 140 valence electrons. The van der Waals surface area contributed by atoms with Crippen LogP contribution in [0.3, 0.4) is 0 Å². The van der Waals surface area contributed by atoms with Crippen LogP contribution in [0.25, 0.3) is 0 Å². The molecule has 2 atom stereocenters. The maximum absolute atomic E-state index is 6.03. The van der Waals surface area contributed by atoms with Crippen LogP contribution >= 0.6 is 11.3 Å². The second kappa shape index (κ2) is 8.04. The third-order valence-electron chi connectivity index (χ3n) is 5.72. The largest absolute Gasteiger partial charge is 0.378 e. The zero-order valence-corrected chi connectivity index (χ0v) is 16.8. The lowest BCUT2D eigenvalue weighted by Crippen LogP contribution is -2.65. The predicted molar refractivity (Wildman–Crippen MR) is 104 cm³/mol. The van der Waals surface area contributed by atoms with Gasteiger partial charge >= 0.3 is 0 Å². The van der Waals surface area contributed by atoms with E-state index in [0.717, 1.165) is 36.2 Å². The molecule has 0 radical (unpaired) electrons. The van der Waals surface area contributed by atoms with Gasteiger partial charge in [0.15, 0.2) is 5.96 Å². The van der Waals surface area contributed by atoms with Crippen molar-refractivity contribution in [1.29, 1.82) is 0 Å². The summed E-state index contributed by atoms with van der Waals surface area (Å²) in [7, 11) is 0. The van der Waals surface area contributed by atoms with Crippen LogP contribution in [0.5, 0.6) is 0 Å². The molecule has 1 aromatic heterocycles. The summed E-state index contributed by atoms with van der Waals surface area (Å²) in [4.78, 5) is 10.6. The van der Waals surface area contributed by atoms with E-state index in [9.17, 15) is 0 Å². The van der Waals surface area contributed by atoms with Crippen LogP contribution < -0.4 is 10.6 Å². The van der Waals surface area contributed by atoms with Crippen molar-refractivity contribution in [3.63, 3.8) is 0 Å². The van der Waals surface area contributed by atoms with Gasteiger partial charge in [0, 0.05) is 29.5 Å². The number of guanidine groups is 1. The van der Waals surface area contributed by atoms with E-state index in [1.54, 1.807) is 11.3 Å². The fourth-order valence-electron chi connectivity index (χ4n) is 4.45. The summed E-state index contributed by atoms with van der Waals surface area (Å²) in [5.41, 5.74) is 1.43. The fraction of sp³-hybridized carbons (Fsp3) is 0.789. The van der Waals surface area contributed by atoms with Crippen LogP contribution in [-0.4, -0.2) is 36.2 Å². The summed E-state index contributed by atoms with van der Waals surface area (Å²) in [6, 6.07) is 0.480. The van der Waals surface area contributed by atoms with Gasteiger partial charge in [0.2, 0.25) is 0 Å². The number of aryl methyl sites for hydroxylation is 2. The van der Waals surface area contributed by atoms with Crippen LogP contribution in [0, 0.1) is 19.3 Å². The Morgan fingerprint density at radius 2 is 2.08 bits per heavy atom. The third-order valence-corrected chi connectivity index (χ3v) is 6.78. The number of thiazole rings is 1. The molecule has 2 aliphatic rings. The molecular formula is C19H32N4OS. The molecule has 2 aliphatic carbocycles. The topological polar surface area (TPSA) is 58.5 Å². The van der Waals surface area contributed by atoms with Gasteiger partial charge in [0.05, 0.1) is 23.4 Å². The van der Waals surface area contributed by atoms with Gasteiger partial charge in [-0.3, -0.25) is 0 Å². The van der Waals surface area contributed by atoms with Gasteiger partial charge in [-0.05, 0) is 47.0 Å². The van der Waals surface area contributed by atoms with Crippen molar-refractivity contribution in [2.75, 3.05) is 13.2 Å². The van der Waals surface area contributed by atoms with Gasteiger partial charge in [-0.2, -0.15) is 0 Å². The molecular weight excluding hydrogens is 332 g/mol. The van der Waals surface area contributed by atoms with Gasteiger partial charge in [0.1, 0.15) is 0 Å².